The van der Waals surface area contributed by atoms with Crippen molar-refractivity contribution in [3.63, 3.8) is 0 Å². The summed E-state index contributed by atoms with van der Waals surface area (Å²) in [4.78, 5) is 13.0. The van der Waals surface area contributed by atoms with E-state index in [2.05, 4.69) is 4.57 Å². The molecule has 0 N–H and O–H groups in total. The van der Waals surface area contributed by atoms with Crippen molar-refractivity contribution in [3.05, 3.63) is 64.5 Å². The largest absolute Gasteiger partial charge is 0.416 e. The second-order valence-corrected chi connectivity index (χ2v) is 7.89. The van der Waals surface area contributed by atoms with Crippen molar-refractivity contribution in [2.24, 2.45) is 0 Å². The van der Waals surface area contributed by atoms with Crippen LogP contribution < -0.4 is 4.57 Å². The van der Waals surface area contributed by atoms with Gasteiger partial charge in [-0.15, -0.1) is 0 Å². The van der Waals surface area contributed by atoms with Crippen LogP contribution in [0.3, 0.4) is 0 Å². The quantitative estimate of drug-likeness (QED) is 0.439. The Hall–Kier alpha value is -2.63. The number of imidazole rings is 1. The molecule has 29 heavy (non-hydrogen) atoms. The highest BCUT2D eigenvalue weighted by molar-refractivity contribution is 5.96. The Morgan fingerprint density at radius 3 is 2.55 bits per heavy atom. The molecule has 0 saturated carbocycles. The summed E-state index contributed by atoms with van der Waals surface area (Å²) < 4.78 is 43.9. The maximum Gasteiger partial charge on any atom is 0.416 e. The van der Waals surface area contributed by atoms with Crippen LogP contribution >= 0.6 is 0 Å². The number of ketones is 1. The Morgan fingerprint density at radius 1 is 1.03 bits per heavy atom. The number of Topliss-reactive ketones (excluding diaryl/α,β-unsaturated/α-hetero) is 1. The molecule has 3 aromatic rings. The molecule has 3 nitrogen and oxygen atoms in total. The van der Waals surface area contributed by atoms with E-state index in [1.165, 1.54) is 6.07 Å². The van der Waals surface area contributed by atoms with Gasteiger partial charge >= 0.3 is 6.18 Å². The summed E-state index contributed by atoms with van der Waals surface area (Å²) >= 11 is 0. The first kappa shape index (κ1) is 19.7. The maximum absolute atomic E-state index is 13.3. The van der Waals surface area contributed by atoms with Crippen LogP contribution in [0.15, 0.2) is 36.4 Å². The van der Waals surface area contributed by atoms with Crippen LogP contribution in [0.4, 0.5) is 13.2 Å². The van der Waals surface area contributed by atoms with Crippen molar-refractivity contribution in [2.45, 2.75) is 58.8 Å². The molecule has 0 spiro atoms. The standard InChI is InChI=1S/C23H24F3N2O/c1-15-7-8-17(12-16(15)2)21(29)14-28-20-13-18(23(24,25)26)9-10-19(20)27-11-5-3-4-6-22(27)28/h7-10,12-13H,3-6,11,14H2,1-2H3/q+1. The lowest BCUT2D eigenvalue weighted by atomic mass is 10.0. The number of benzene rings is 2. The van der Waals surface area contributed by atoms with Gasteiger partial charge in [-0.1, -0.05) is 12.1 Å². The molecule has 0 atom stereocenters. The molecule has 0 bridgehead atoms. The Labute approximate surface area is 167 Å². The van der Waals surface area contributed by atoms with Crippen molar-refractivity contribution in [2.75, 3.05) is 0 Å². The molecule has 6 heteroatoms. The Morgan fingerprint density at radius 2 is 1.83 bits per heavy atom. The van der Waals surface area contributed by atoms with Crippen LogP contribution in [-0.2, 0) is 25.7 Å². The number of hydrogen-bond acceptors (Lipinski definition) is 1. The number of carbonyl (C=O) groups excluding carboxylic acids is 1. The average Bonchev–Trinajstić information content (AvgIpc) is 2.82. The fourth-order valence-electron chi connectivity index (χ4n) is 4.14. The van der Waals surface area contributed by atoms with Crippen LogP contribution in [0.1, 0.15) is 52.1 Å². The van der Waals surface area contributed by atoms with E-state index in [-0.39, 0.29) is 12.3 Å². The summed E-state index contributed by atoms with van der Waals surface area (Å²) in [7, 11) is 0. The first-order valence-electron chi connectivity index (χ1n) is 9.98. The van der Waals surface area contributed by atoms with Gasteiger partial charge in [0.25, 0.3) is 5.82 Å². The Bertz CT molecular complexity index is 1100. The summed E-state index contributed by atoms with van der Waals surface area (Å²) in [6.07, 6.45) is -0.613. The summed E-state index contributed by atoms with van der Waals surface area (Å²) in [6.45, 7) is 4.75. The lowest BCUT2D eigenvalue weighted by Crippen LogP contribution is -2.37. The number of rotatable bonds is 3. The van der Waals surface area contributed by atoms with Gasteiger partial charge in [-0.3, -0.25) is 4.79 Å². The number of aromatic nitrogens is 2. The minimum atomic E-state index is -4.41. The molecule has 0 radical (unpaired) electrons. The fourth-order valence-corrected chi connectivity index (χ4v) is 4.14. The van der Waals surface area contributed by atoms with Gasteiger partial charge in [-0.25, -0.2) is 9.13 Å². The van der Waals surface area contributed by atoms with E-state index < -0.39 is 11.7 Å². The monoisotopic (exact) mass is 401 g/mol. The van der Waals surface area contributed by atoms with Gasteiger partial charge in [0, 0.05) is 18.1 Å². The van der Waals surface area contributed by atoms with Crippen molar-refractivity contribution < 1.29 is 22.5 Å². The highest BCUT2D eigenvalue weighted by atomic mass is 19.4. The average molecular weight is 401 g/mol. The predicted octanol–water partition coefficient (Wildman–Crippen LogP) is 5.17. The predicted molar refractivity (Wildman–Crippen MR) is 105 cm³/mol. The zero-order valence-electron chi connectivity index (χ0n) is 16.6. The first-order valence-corrected chi connectivity index (χ1v) is 9.98. The first-order chi connectivity index (χ1) is 13.8. The number of alkyl halides is 3. The normalized spacial score (nSPS) is 14.7. The molecule has 2 aromatic carbocycles. The number of hydrogen-bond donors (Lipinski definition) is 0. The molecular weight excluding hydrogens is 377 g/mol. The van der Waals surface area contributed by atoms with Gasteiger partial charge < -0.3 is 0 Å². The highest BCUT2D eigenvalue weighted by Crippen LogP contribution is 2.32. The van der Waals surface area contributed by atoms with Crippen LogP contribution in [0.2, 0.25) is 0 Å². The molecule has 0 amide bonds. The smallest absolute Gasteiger partial charge is 0.290 e. The molecule has 0 unspecified atom stereocenters. The molecule has 0 aliphatic carbocycles. The Kier molecular flexibility index (Phi) is 4.97. The maximum atomic E-state index is 13.3. The molecule has 4 rings (SSSR count). The second-order valence-electron chi connectivity index (χ2n) is 7.89. The molecule has 1 aromatic heterocycles. The van der Waals surface area contributed by atoms with Crippen LogP contribution in [0, 0.1) is 13.8 Å². The van der Waals surface area contributed by atoms with E-state index in [4.69, 9.17) is 0 Å². The third kappa shape index (κ3) is 3.68. The van der Waals surface area contributed by atoms with Gasteiger partial charge in [0.15, 0.2) is 17.6 Å². The van der Waals surface area contributed by atoms with Crippen molar-refractivity contribution in [1.29, 1.82) is 0 Å². The van der Waals surface area contributed by atoms with E-state index in [0.717, 1.165) is 60.8 Å². The minimum absolute atomic E-state index is 0.0443. The highest BCUT2D eigenvalue weighted by Gasteiger charge is 2.34. The SMILES string of the molecule is Cc1ccc(C(=O)Cn2c3[n+](c4ccc(C(F)(F)F)cc42)CCCCC3)cc1C. The van der Waals surface area contributed by atoms with Crippen molar-refractivity contribution >= 4 is 16.8 Å². The lowest BCUT2D eigenvalue weighted by Gasteiger charge is -2.07. The molecule has 152 valence electrons. The van der Waals surface area contributed by atoms with Gasteiger partial charge in [-0.2, -0.15) is 13.2 Å². The molecule has 1 aliphatic heterocycles. The molecule has 2 heterocycles. The fraction of sp³-hybridized carbons (Fsp3) is 0.391. The van der Waals surface area contributed by atoms with Gasteiger partial charge in [0.1, 0.15) is 0 Å². The van der Waals surface area contributed by atoms with Gasteiger partial charge in [-0.05, 0) is 62.4 Å². The van der Waals surface area contributed by atoms with E-state index in [9.17, 15) is 18.0 Å². The summed E-state index contributed by atoms with van der Waals surface area (Å²) in [5, 5.41) is 0. The van der Waals surface area contributed by atoms with E-state index in [1.807, 2.05) is 26.0 Å². The van der Waals surface area contributed by atoms with E-state index >= 15 is 0 Å². The van der Waals surface area contributed by atoms with Crippen molar-refractivity contribution in [3.8, 4) is 0 Å². The van der Waals surface area contributed by atoms with Crippen molar-refractivity contribution in [1.82, 2.24) is 4.57 Å². The number of aryl methyl sites for hydroxylation is 3. The Balaban J connectivity index is 1.83. The minimum Gasteiger partial charge on any atom is -0.290 e. The zero-order valence-corrected chi connectivity index (χ0v) is 16.6. The van der Waals surface area contributed by atoms with E-state index in [1.54, 1.807) is 16.7 Å². The molecular formula is C23H24F3N2O+. The molecule has 0 fully saturated rings. The summed E-state index contributed by atoms with van der Waals surface area (Å²) in [5.41, 5.74) is 3.29. The third-order valence-electron chi connectivity index (χ3n) is 5.92. The summed E-state index contributed by atoms with van der Waals surface area (Å²) in [6, 6.07) is 9.43. The number of halogens is 3. The van der Waals surface area contributed by atoms with Gasteiger partial charge in [0.2, 0.25) is 5.78 Å². The third-order valence-corrected chi connectivity index (χ3v) is 5.92. The summed E-state index contributed by atoms with van der Waals surface area (Å²) in [5.74, 6) is 0.851. The van der Waals surface area contributed by atoms with Gasteiger partial charge in [0.05, 0.1) is 12.1 Å². The van der Waals surface area contributed by atoms with Crippen LogP contribution in [0.5, 0.6) is 0 Å². The molecule has 1 aliphatic rings. The van der Waals surface area contributed by atoms with Crippen LogP contribution in [-0.4, -0.2) is 10.4 Å². The number of nitrogens with zero attached hydrogens (tertiary/aromatic N) is 2. The number of fused-ring (bicyclic) bond motifs is 3. The topological polar surface area (TPSA) is 25.9 Å². The zero-order chi connectivity index (χ0) is 20.8. The van der Waals surface area contributed by atoms with E-state index in [0.29, 0.717) is 11.1 Å². The number of carbonyl (C=O) groups is 1. The second kappa shape index (κ2) is 7.32. The lowest BCUT2D eigenvalue weighted by molar-refractivity contribution is -0.678. The van der Waals surface area contributed by atoms with Crippen LogP contribution in [0.25, 0.3) is 11.0 Å². The molecule has 0 saturated heterocycles.